The molecule has 0 aliphatic carbocycles. The molecule has 2 heterocycles. The monoisotopic (exact) mass is 385 g/mol. The molecule has 0 bridgehead atoms. The third-order valence-corrected chi connectivity index (χ3v) is 5.08. The maximum atomic E-state index is 12.4. The number of nitrogens with zero attached hydrogens (tertiary/aromatic N) is 3. The fraction of sp³-hybridized carbons (Fsp3) is 0.571. The van der Waals surface area contributed by atoms with E-state index in [-0.39, 0.29) is 23.0 Å². The fourth-order valence-corrected chi connectivity index (χ4v) is 3.67. The number of nitrogens with one attached hydrogen (secondary N) is 2. The Morgan fingerprint density at radius 2 is 1.96 bits per heavy atom. The van der Waals surface area contributed by atoms with Crippen molar-refractivity contribution in [3.63, 3.8) is 0 Å². The quantitative estimate of drug-likeness (QED) is 0.840. The van der Waals surface area contributed by atoms with Gasteiger partial charge in [-0.3, -0.25) is 19.4 Å². The lowest BCUT2D eigenvalue weighted by Gasteiger charge is -2.27. The summed E-state index contributed by atoms with van der Waals surface area (Å²) in [5, 5.41) is 3.64. The van der Waals surface area contributed by atoms with Gasteiger partial charge in [-0.1, -0.05) is 12.1 Å². The second-order valence-corrected chi connectivity index (χ2v) is 8.61. The molecule has 1 aliphatic rings. The Balaban J connectivity index is 1.65. The summed E-state index contributed by atoms with van der Waals surface area (Å²) >= 11 is 0. The van der Waals surface area contributed by atoms with Crippen molar-refractivity contribution in [1.29, 1.82) is 0 Å². The van der Waals surface area contributed by atoms with Crippen LogP contribution in [-0.4, -0.2) is 63.9 Å². The molecule has 28 heavy (non-hydrogen) atoms. The van der Waals surface area contributed by atoms with E-state index in [1.807, 2.05) is 39.0 Å². The van der Waals surface area contributed by atoms with E-state index in [1.54, 1.807) is 6.07 Å². The lowest BCUT2D eigenvalue weighted by Crippen LogP contribution is -2.46. The van der Waals surface area contributed by atoms with Gasteiger partial charge in [0.2, 0.25) is 5.91 Å². The molecule has 0 unspecified atom stereocenters. The van der Waals surface area contributed by atoms with Crippen molar-refractivity contribution in [3.05, 3.63) is 40.4 Å². The molecular weight excluding hydrogens is 354 g/mol. The lowest BCUT2D eigenvalue weighted by atomic mass is 10.1. The first-order valence-electron chi connectivity index (χ1n) is 9.99. The van der Waals surface area contributed by atoms with Crippen molar-refractivity contribution < 1.29 is 4.79 Å². The highest BCUT2D eigenvalue weighted by Gasteiger charge is 2.24. The van der Waals surface area contributed by atoms with Crippen LogP contribution in [-0.2, 0) is 4.79 Å². The van der Waals surface area contributed by atoms with Crippen LogP contribution < -0.4 is 10.9 Å². The number of aromatic nitrogens is 2. The van der Waals surface area contributed by atoms with Gasteiger partial charge in [-0.05, 0) is 52.8 Å². The van der Waals surface area contributed by atoms with E-state index in [4.69, 9.17) is 0 Å². The smallest absolute Gasteiger partial charge is 0.258 e. The summed E-state index contributed by atoms with van der Waals surface area (Å²) in [5.74, 6) is 0.761. The summed E-state index contributed by atoms with van der Waals surface area (Å²) < 4.78 is 0. The van der Waals surface area contributed by atoms with Crippen molar-refractivity contribution in [1.82, 2.24) is 25.1 Å². The Hall–Kier alpha value is -2.25. The van der Waals surface area contributed by atoms with E-state index < -0.39 is 0 Å². The van der Waals surface area contributed by atoms with Crippen LogP contribution >= 0.6 is 0 Å². The number of para-hydroxylation sites is 1. The van der Waals surface area contributed by atoms with Crippen LogP contribution in [0.3, 0.4) is 0 Å². The minimum Gasteiger partial charge on any atom is -0.350 e. The summed E-state index contributed by atoms with van der Waals surface area (Å²) in [6.07, 6.45) is 0.977. The van der Waals surface area contributed by atoms with Gasteiger partial charge < -0.3 is 10.3 Å². The van der Waals surface area contributed by atoms with Crippen molar-refractivity contribution in [2.45, 2.75) is 45.7 Å². The number of hydrogen-bond donors (Lipinski definition) is 2. The predicted molar refractivity (Wildman–Crippen MR) is 111 cm³/mol. The van der Waals surface area contributed by atoms with Crippen LogP contribution in [0.25, 0.3) is 10.9 Å². The van der Waals surface area contributed by atoms with Crippen molar-refractivity contribution >= 4 is 16.8 Å². The molecule has 2 N–H and O–H groups in total. The number of carbonyl (C=O) groups is 1. The normalized spacial score (nSPS) is 18.0. The van der Waals surface area contributed by atoms with Gasteiger partial charge in [-0.25, -0.2) is 4.98 Å². The van der Waals surface area contributed by atoms with E-state index in [0.717, 1.165) is 38.1 Å². The van der Waals surface area contributed by atoms with Crippen LogP contribution in [0.1, 0.15) is 46.0 Å². The molecule has 1 aromatic heterocycles. The van der Waals surface area contributed by atoms with Gasteiger partial charge in [-0.15, -0.1) is 0 Å². The summed E-state index contributed by atoms with van der Waals surface area (Å²) in [7, 11) is 0. The second kappa shape index (κ2) is 8.41. The standard InChI is InChI=1S/C21H31N5O2/c1-15(19-22-17-9-6-5-8-16(17)20(28)23-19)26-11-7-10-25(12-13-26)14-18(27)24-21(2,3)4/h5-6,8-9,15H,7,10-14H2,1-4H3,(H,24,27)(H,22,23,28)/t15-/m0/s1. The molecule has 3 rings (SSSR count). The molecule has 1 aromatic carbocycles. The minimum absolute atomic E-state index is 0.0145. The third-order valence-electron chi connectivity index (χ3n) is 5.08. The minimum atomic E-state index is -0.211. The van der Waals surface area contributed by atoms with Crippen LogP contribution in [0, 0.1) is 0 Å². The highest BCUT2D eigenvalue weighted by Crippen LogP contribution is 2.19. The summed E-state index contributed by atoms with van der Waals surface area (Å²) in [6, 6.07) is 7.43. The Kier molecular flexibility index (Phi) is 6.15. The van der Waals surface area contributed by atoms with Gasteiger partial charge in [0.25, 0.3) is 5.56 Å². The van der Waals surface area contributed by atoms with E-state index >= 15 is 0 Å². The van der Waals surface area contributed by atoms with Crippen LogP contribution in [0.4, 0.5) is 0 Å². The fourth-order valence-electron chi connectivity index (χ4n) is 3.67. The van der Waals surface area contributed by atoms with Gasteiger partial charge in [0.05, 0.1) is 23.5 Å². The molecule has 1 saturated heterocycles. The van der Waals surface area contributed by atoms with Crippen LogP contribution in [0.15, 0.2) is 29.1 Å². The number of fused-ring (bicyclic) bond motifs is 1. The topological polar surface area (TPSA) is 81.3 Å². The SMILES string of the molecule is C[C@@H](c1nc2ccccc2c(=O)[nH]1)N1CCCN(CC(=O)NC(C)(C)C)CC1. The highest BCUT2D eigenvalue weighted by molar-refractivity contribution is 5.78. The summed E-state index contributed by atoms with van der Waals surface area (Å²) in [5.41, 5.74) is 0.419. The Morgan fingerprint density at radius 3 is 2.71 bits per heavy atom. The zero-order valence-corrected chi connectivity index (χ0v) is 17.3. The molecule has 1 atom stereocenters. The molecule has 1 fully saturated rings. The largest absolute Gasteiger partial charge is 0.350 e. The van der Waals surface area contributed by atoms with E-state index in [2.05, 4.69) is 32.0 Å². The lowest BCUT2D eigenvalue weighted by molar-refractivity contribution is -0.123. The Bertz CT molecular complexity index is 886. The average Bonchev–Trinajstić information content (AvgIpc) is 2.85. The summed E-state index contributed by atoms with van der Waals surface area (Å²) in [6.45, 7) is 11.9. The maximum Gasteiger partial charge on any atom is 0.258 e. The average molecular weight is 386 g/mol. The molecular formula is C21H31N5O2. The van der Waals surface area contributed by atoms with E-state index in [1.165, 1.54) is 0 Å². The first-order valence-corrected chi connectivity index (χ1v) is 9.99. The van der Waals surface area contributed by atoms with Crippen molar-refractivity contribution in [2.24, 2.45) is 0 Å². The van der Waals surface area contributed by atoms with Crippen molar-refractivity contribution in [3.8, 4) is 0 Å². The van der Waals surface area contributed by atoms with Crippen LogP contribution in [0.2, 0.25) is 0 Å². The first kappa shape index (κ1) is 20.5. The van der Waals surface area contributed by atoms with E-state index in [0.29, 0.717) is 17.8 Å². The van der Waals surface area contributed by atoms with Gasteiger partial charge in [0.1, 0.15) is 5.82 Å². The summed E-state index contributed by atoms with van der Waals surface area (Å²) in [4.78, 5) is 36.7. The van der Waals surface area contributed by atoms with Gasteiger partial charge in [-0.2, -0.15) is 0 Å². The molecule has 7 heteroatoms. The van der Waals surface area contributed by atoms with Gasteiger partial charge in [0, 0.05) is 25.2 Å². The number of aromatic amines is 1. The molecule has 1 amide bonds. The third kappa shape index (κ3) is 5.17. The predicted octanol–water partition coefficient (Wildman–Crippen LogP) is 1.91. The zero-order valence-electron chi connectivity index (χ0n) is 17.3. The molecule has 152 valence electrons. The molecule has 0 saturated carbocycles. The molecule has 0 spiro atoms. The number of benzene rings is 1. The number of carbonyl (C=O) groups excluding carboxylic acids is 1. The zero-order chi connectivity index (χ0) is 20.3. The number of amides is 1. The van der Waals surface area contributed by atoms with Crippen molar-refractivity contribution in [2.75, 3.05) is 32.7 Å². The Labute approximate surface area is 166 Å². The van der Waals surface area contributed by atoms with Crippen LogP contribution in [0.5, 0.6) is 0 Å². The molecule has 0 radical (unpaired) electrons. The second-order valence-electron chi connectivity index (χ2n) is 8.61. The molecule has 2 aromatic rings. The molecule has 7 nitrogen and oxygen atoms in total. The number of H-pyrrole nitrogens is 1. The first-order chi connectivity index (χ1) is 13.2. The molecule has 1 aliphatic heterocycles. The van der Waals surface area contributed by atoms with Gasteiger partial charge in [0.15, 0.2) is 0 Å². The highest BCUT2D eigenvalue weighted by atomic mass is 16.2. The maximum absolute atomic E-state index is 12.4. The van der Waals surface area contributed by atoms with E-state index in [9.17, 15) is 9.59 Å². The number of hydrogen-bond acceptors (Lipinski definition) is 5. The van der Waals surface area contributed by atoms with Gasteiger partial charge >= 0.3 is 0 Å². The Morgan fingerprint density at radius 1 is 1.21 bits per heavy atom. The number of rotatable bonds is 4.